The van der Waals surface area contributed by atoms with Crippen molar-refractivity contribution >= 4 is 11.4 Å². The molecule has 0 radical (unpaired) electrons. The van der Waals surface area contributed by atoms with Crippen LogP contribution in [0.15, 0.2) is 60.7 Å². The van der Waals surface area contributed by atoms with Crippen LogP contribution in [0.3, 0.4) is 0 Å². The van der Waals surface area contributed by atoms with Gasteiger partial charge in [-0.05, 0) is 30.2 Å². The molecule has 0 heterocycles. The predicted octanol–water partition coefficient (Wildman–Crippen LogP) is 4.13. The van der Waals surface area contributed by atoms with Gasteiger partial charge in [-0.2, -0.15) is 0 Å². The maximum atomic E-state index is 9.97. The van der Waals surface area contributed by atoms with Gasteiger partial charge in [0, 0.05) is 24.4 Å². The van der Waals surface area contributed by atoms with Gasteiger partial charge in [-0.1, -0.05) is 42.5 Å². The number of aliphatic hydroxyl groups excluding tert-OH is 1. The first-order valence-corrected chi connectivity index (χ1v) is 7.68. The van der Waals surface area contributed by atoms with Crippen molar-refractivity contribution in [2.45, 2.75) is 6.92 Å². The number of phenolic OH excluding ortho intramolecular Hbond substituents is 3. The Morgan fingerprint density at radius 3 is 1.88 bits per heavy atom. The Bertz CT molecular complexity index is 831. The van der Waals surface area contributed by atoms with Crippen molar-refractivity contribution < 1.29 is 20.4 Å². The minimum atomic E-state index is -0.326. The number of benzene rings is 3. The Kier molecular flexibility index (Phi) is 5.87. The van der Waals surface area contributed by atoms with Crippen LogP contribution in [0.5, 0.6) is 17.2 Å². The van der Waals surface area contributed by atoms with Gasteiger partial charge in [0.05, 0.1) is 5.69 Å². The summed E-state index contributed by atoms with van der Waals surface area (Å²) in [6.07, 6.45) is 0. The fourth-order valence-corrected chi connectivity index (χ4v) is 2.37. The van der Waals surface area contributed by atoms with Crippen molar-refractivity contribution in [3.63, 3.8) is 0 Å². The molecule has 0 aromatic heterocycles. The Morgan fingerprint density at radius 2 is 1.28 bits per heavy atom. The molecule has 3 rings (SSSR count). The maximum Gasteiger partial charge on any atom is 0.182 e. The average Bonchev–Trinajstić information content (AvgIpc) is 2.67. The second-order valence-corrected chi connectivity index (χ2v) is 5.33. The molecular weight excluding hydrogens is 318 g/mol. The van der Waals surface area contributed by atoms with E-state index in [1.165, 1.54) is 13.0 Å². The van der Waals surface area contributed by atoms with E-state index in [0.29, 0.717) is 0 Å². The van der Waals surface area contributed by atoms with Gasteiger partial charge in [0.2, 0.25) is 0 Å². The lowest BCUT2D eigenvalue weighted by Crippen LogP contribution is -1.92. The summed E-state index contributed by atoms with van der Waals surface area (Å²) in [4.78, 5) is 0. The van der Waals surface area contributed by atoms with E-state index < -0.39 is 0 Å². The minimum absolute atomic E-state index is 0.0799. The van der Waals surface area contributed by atoms with E-state index in [2.05, 4.69) is 5.32 Å². The van der Waals surface area contributed by atoms with E-state index in [0.717, 1.165) is 23.9 Å². The van der Waals surface area contributed by atoms with E-state index in [9.17, 15) is 15.3 Å². The largest absolute Gasteiger partial charge is 0.507 e. The number of nitrogens with one attached hydrogen (secondary N) is 1. The molecular formula is C20H21NO4. The second-order valence-electron chi connectivity index (χ2n) is 5.33. The van der Waals surface area contributed by atoms with Gasteiger partial charge in [-0.3, -0.25) is 0 Å². The summed E-state index contributed by atoms with van der Waals surface area (Å²) < 4.78 is 0. The molecule has 3 aromatic carbocycles. The van der Waals surface area contributed by atoms with Crippen molar-refractivity contribution in [1.29, 1.82) is 0 Å². The molecule has 25 heavy (non-hydrogen) atoms. The summed E-state index contributed by atoms with van der Waals surface area (Å²) in [5, 5.41) is 39.5. The highest BCUT2D eigenvalue weighted by molar-refractivity contribution is 5.75. The average molecular weight is 339 g/mol. The molecule has 0 fully saturated rings. The van der Waals surface area contributed by atoms with Crippen LogP contribution in [0.4, 0.5) is 11.4 Å². The second kappa shape index (κ2) is 8.08. The molecule has 0 bridgehead atoms. The smallest absolute Gasteiger partial charge is 0.182 e. The van der Waals surface area contributed by atoms with Crippen molar-refractivity contribution in [3.8, 4) is 28.4 Å². The van der Waals surface area contributed by atoms with E-state index >= 15 is 0 Å². The molecule has 0 saturated carbocycles. The molecule has 0 aliphatic carbocycles. The SMILES string of the molecule is CO.Cc1c(O)cc(Nc2ccc(-c3ccccc3)cc2)c(O)c1O. The van der Waals surface area contributed by atoms with Crippen molar-refractivity contribution in [2.24, 2.45) is 0 Å². The van der Waals surface area contributed by atoms with Gasteiger partial charge in [0.1, 0.15) is 5.75 Å². The molecule has 3 aromatic rings. The number of aromatic hydroxyl groups is 3. The third-order valence-electron chi connectivity index (χ3n) is 3.77. The third-order valence-corrected chi connectivity index (χ3v) is 3.77. The summed E-state index contributed by atoms with van der Waals surface area (Å²) in [6, 6.07) is 19.0. The first-order valence-electron chi connectivity index (χ1n) is 7.68. The molecule has 0 amide bonds. The number of anilines is 2. The molecule has 5 heteroatoms. The van der Waals surface area contributed by atoms with Gasteiger partial charge >= 0.3 is 0 Å². The van der Waals surface area contributed by atoms with Crippen molar-refractivity contribution in [3.05, 3.63) is 66.2 Å². The maximum absolute atomic E-state index is 9.97. The van der Waals surface area contributed by atoms with Gasteiger partial charge in [0.15, 0.2) is 11.5 Å². The highest BCUT2D eigenvalue weighted by atomic mass is 16.3. The highest BCUT2D eigenvalue weighted by Crippen LogP contribution is 2.42. The van der Waals surface area contributed by atoms with Crippen LogP contribution in [0.25, 0.3) is 11.1 Å². The molecule has 5 nitrogen and oxygen atoms in total. The lowest BCUT2D eigenvalue weighted by atomic mass is 10.1. The predicted molar refractivity (Wildman–Crippen MR) is 99.5 cm³/mol. The molecule has 0 unspecified atom stereocenters. The van der Waals surface area contributed by atoms with Gasteiger partial charge in [-0.25, -0.2) is 0 Å². The van der Waals surface area contributed by atoms with Crippen molar-refractivity contribution in [1.82, 2.24) is 0 Å². The summed E-state index contributed by atoms with van der Waals surface area (Å²) in [5.41, 5.74) is 3.43. The monoisotopic (exact) mass is 339 g/mol. The molecule has 0 saturated heterocycles. The topological polar surface area (TPSA) is 93.0 Å². The normalized spacial score (nSPS) is 9.88. The standard InChI is InChI=1S/C19H17NO3.CH4O/c1-12-17(21)11-16(19(23)18(12)22)20-15-9-7-14(8-10-15)13-5-3-2-4-6-13;1-2/h2-11,20-23H,1H3;2H,1H3. The summed E-state index contributed by atoms with van der Waals surface area (Å²) >= 11 is 0. The van der Waals surface area contributed by atoms with E-state index in [1.54, 1.807) is 0 Å². The first kappa shape index (κ1) is 18.2. The van der Waals surface area contributed by atoms with Crippen molar-refractivity contribution in [2.75, 3.05) is 12.4 Å². The zero-order chi connectivity index (χ0) is 18.4. The fourth-order valence-electron chi connectivity index (χ4n) is 2.37. The Balaban J connectivity index is 0.00000109. The number of aliphatic hydroxyl groups is 1. The summed E-state index contributed by atoms with van der Waals surface area (Å²) in [7, 11) is 1.00. The van der Waals surface area contributed by atoms with E-state index in [4.69, 9.17) is 5.11 Å². The van der Waals surface area contributed by atoms with Crippen LogP contribution in [0.2, 0.25) is 0 Å². The fraction of sp³-hybridized carbons (Fsp3) is 0.100. The molecule has 130 valence electrons. The van der Waals surface area contributed by atoms with Crippen LogP contribution >= 0.6 is 0 Å². The number of rotatable bonds is 3. The number of hydrogen-bond donors (Lipinski definition) is 5. The number of phenols is 3. The lowest BCUT2D eigenvalue weighted by molar-refractivity contribution is 0.394. The Labute approximate surface area is 146 Å². The number of hydrogen-bond acceptors (Lipinski definition) is 5. The minimum Gasteiger partial charge on any atom is -0.507 e. The first-order chi connectivity index (χ1) is 12.1. The van der Waals surface area contributed by atoms with Gasteiger partial charge < -0.3 is 25.7 Å². The van der Waals surface area contributed by atoms with Gasteiger partial charge in [0.25, 0.3) is 0 Å². The lowest BCUT2D eigenvalue weighted by Gasteiger charge is -2.13. The Hall–Kier alpha value is -3.18. The zero-order valence-electron chi connectivity index (χ0n) is 14.1. The quantitative estimate of drug-likeness (QED) is 0.365. The third kappa shape index (κ3) is 4.02. The molecule has 0 aliphatic heterocycles. The molecule has 0 aliphatic rings. The van der Waals surface area contributed by atoms with Crippen LogP contribution in [-0.4, -0.2) is 27.5 Å². The van der Waals surface area contributed by atoms with Crippen LogP contribution in [-0.2, 0) is 0 Å². The molecule has 0 spiro atoms. The highest BCUT2D eigenvalue weighted by Gasteiger charge is 2.14. The Morgan fingerprint density at radius 1 is 0.720 bits per heavy atom. The molecule has 5 N–H and O–H groups in total. The van der Waals surface area contributed by atoms with Crippen LogP contribution in [0, 0.1) is 6.92 Å². The van der Waals surface area contributed by atoms with Crippen LogP contribution in [0.1, 0.15) is 5.56 Å². The van der Waals surface area contributed by atoms with E-state index in [-0.39, 0.29) is 28.5 Å². The van der Waals surface area contributed by atoms with Crippen LogP contribution < -0.4 is 5.32 Å². The zero-order valence-corrected chi connectivity index (χ0v) is 14.1. The summed E-state index contributed by atoms with van der Waals surface area (Å²) in [6.45, 7) is 1.53. The van der Waals surface area contributed by atoms with Gasteiger partial charge in [-0.15, -0.1) is 0 Å². The molecule has 0 atom stereocenters. The summed E-state index contributed by atoms with van der Waals surface area (Å²) in [5.74, 6) is -0.690. The van der Waals surface area contributed by atoms with E-state index in [1.807, 2.05) is 54.6 Å².